The van der Waals surface area contributed by atoms with E-state index in [9.17, 15) is 5.11 Å². The van der Waals surface area contributed by atoms with Crippen molar-refractivity contribution in [2.45, 2.75) is 39.3 Å². The van der Waals surface area contributed by atoms with Crippen LogP contribution in [0, 0.1) is 11.8 Å². The first kappa shape index (κ1) is 24.1. The Bertz CT molecular complexity index is 1170. The molecule has 0 fully saturated rings. The summed E-state index contributed by atoms with van der Waals surface area (Å²) in [6.45, 7) is 7.22. The minimum absolute atomic E-state index is 0.108. The molecule has 0 amide bonds. The van der Waals surface area contributed by atoms with Crippen LogP contribution in [0.25, 0.3) is 0 Å². The third-order valence-corrected chi connectivity index (χ3v) is 4.31. The van der Waals surface area contributed by atoms with Crippen LogP contribution >= 0.6 is 11.6 Å². The van der Waals surface area contributed by atoms with E-state index in [1.165, 1.54) is 0 Å². The summed E-state index contributed by atoms with van der Waals surface area (Å²) in [5.74, 6) is 7.45. The first-order valence-electron chi connectivity index (χ1n) is 10.3. The molecular weight excluding hydrogens is 442 g/mol. The fourth-order valence-corrected chi connectivity index (χ4v) is 2.85. The maximum absolute atomic E-state index is 9.74. The zero-order chi connectivity index (χ0) is 24.0. The molecule has 0 bridgehead atoms. The van der Waals surface area contributed by atoms with Gasteiger partial charge >= 0.3 is 6.01 Å². The average molecular weight is 468 g/mol. The molecule has 0 saturated carbocycles. The Labute approximate surface area is 198 Å². The summed E-state index contributed by atoms with van der Waals surface area (Å²) in [7, 11) is 1.56. The van der Waals surface area contributed by atoms with E-state index in [0.29, 0.717) is 28.2 Å². The summed E-state index contributed by atoms with van der Waals surface area (Å²) in [5.41, 5.74) is 0.376. The predicted molar refractivity (Wildman–Crippen MR) is 130 cm³/mol. The molecule has 0 spiro atoms. The zero-order valence-corrected chi connectivity index (χ0v) is 19.9. The second-order valence-electron chi connectivity index (χ2n) is 7.97. The lowest BCUT2D eigenvalue weighted by Crippen LogP contribution is -2.14. The third kappa shape index (κ3) is 7.52. The SMILES string of the molecule is COc1ccc(Nc2nc(NC(C)C)nc(Oc3ccc(C#CC(C)(C)O)cc3)n2)cc1Cl. The van der Waals surface area contributed by atoms with Crippen molar-refractivity contribution in [3.8, 4) is 29.4 Å². The summed E-state index contributed by atoms with van der Waals surface area (Å²) < 4.78 is 11.0. The Kier molecular flexibility index (Phi) is 7.59. The minimum atomic E-state index is -1.06. The fourth-order valence-electron chi connectivity index (χ4n) is 2.59. The van der Waals surface area contributed by atoms with Crippen LogP contribution in [-0.2, 0) is 0 Å². The number of ether oxygens (including phenoxy) is 2. The number of benzene rings is 2. The van der Waals surface area contributed by atoms with Gasteiger partial charge < -0.3 is 25.2 Å². The average Bonchev–Trinajstić information content (AvgIpc) is 2.72. The molecule has 3 aromatic rings. The number of rotatable bonds is 7. The van der Waals surface area contributed by atoms with Gasteiger partial charge in [-0.25, -0.2) is 0 Å². The Morgan fingerprint density at radius 2 is 1.73 bits per heavy atom. The molecule has 0 radical (unpaired) electrons. The maximum Gasteiger partial charge on any atom is 0.328 e. The Morgan fingerprint density at radius 1 is 1.03 bits per heavy atom. The van der Waals surface area contributed by atoms with Crippen molar-refractivity contribution in [1.82, 2.24) is 15.0 Å². The maximum atomic E-state index is 9.74. The van der Waals surface area contributed by atoms with E-state index in [1.807, 2.05) is 13.8 Å². The molecule has 0 atom stereocenters. The second kappa shape index (κ2) is 10.4. The van der Waals surface area contributed by atoms with Crippen LogP contribution in [0.4, 0.5) is 17.6 Å². The lowest BCUT2D eigenvalue weighted by atomic mass is 10.1. The first-order valence-corrected chi connectivity index (χ1v) is 10.7. The van der Waals surface area contributed by atoms with Crippen molar-refractivity contribution in [2.75, 3.05) is 17.7 Å². The van der Waals surface area contributed by atoms with E-state index >= 15 is 0 Å². The molecule has 0 aliphatic rings. The molecule has 0 aliphatic heterocycles. The van der Waals surface area contributed by atoms with Gasteiger partial charge in [-0.2, -0.15) is 15.0 Å². The van der Waals surface area contributed by atoms with Crippen LogP contribution in [0.3, 0.4) is 0 Å². The first-order chi connectivity index (χ1) is 15.6. The van der Waals surface area contributed by atoms with Crippen LogP contribution in [0.15, 0.2) is 42.5 Å². The fraction of sp³-hybridized carbons (Fsp3) is 0.292. The highest BCUT2D eigenvalue weighted by Crippen LogP contribution is 2.29. The highest BCUT2D eigenvalue weighted by molar-refractivity contribution is 6.32. The molecule has 0 saturated heterocycles. The number of nitrogens with one attached hydrogen (secondary N) is 2. The number of hydrogen-bond acceptors (Lipinski definition) is 8. The van der Waals surface area contributed by atoms with E-state index < -0.39 is 5.60 Å². The number of halogens is 1. The molecule has 1 heterocycles. The van der Waals surface area contributed by atoms with Crippen LogP contribution in [0.1, 0.15) is 33.3 Å². The van der Waals surface area contributed by atoms with Crippen molar-refractivity contribution >= 4 is 29.2 Å². The molecule has 8 nitrogen and oxygen atoms in total. The summed E-state index contributed by atoms with van der Waals surface area (Å²) in [4.78, 5) is 13.1. The highest BCUT2D eigenvalue weighted by atomic mass is 35.5. The minimum Gasteiger partial charge on any atom is -0.495 e. The van der Waals surface area contributed by atoms with E-state index in [2.05, 4.69) is 37.4 Å². The van der Waals surface area contributed by atoms with Gasteiger partial charge in [0.1, 0.15) is 17.1 Å². The van der Waals surface area contributed by atoms with Gasteiger partial charge in [-0.15, -0.1) is 0 Å². The van der Waals surface area contributed by atoms with Crippen molar-refractivity contribution < 1.29 is 14.6 Å². The largest absolute Gasteiger partial charge is 0.495 e. The van der Waals surface area contributed by atoms with Gasteiger partial charge in [-0.05, 0) is 70.2 Å². The molecule has 1 aromatic heterocycles. The smallest absolute Gasteiger partial charge is 0.328 e. The van der Waals surface area contributed by atoms with Gasteiger partial charge in [0.15, 0.2) is 0 Å². The lowest BCUT2D eigenvalue weighted by Gasteiger charge is -2.13. The second-order valence-corrected chi connectivity index (χ2v) is 8.38. The van der Waals surface area contributed by atoms with Crippen LogP contribution < -0.4 is 20.1 Å². The standard InChI is InChI=1S/C24H26ClN5O3/c1-15(2)26-21-28-22(27-17-8-11-20(32-5)19(25)14-17)30-23(29-21)33-18-9-6-16(7-10-18)12-13-24(3,4)31/h6-11,14-15,31H,1-5H3,(H2,26,27,28,29,30). The van der Waals surface area contributed by atoms with Gasteiger partial charge in [0, 0.05) is 17.3 Å². The van der Waals surface area contributed by atoms with Gasteiger partial charge in [-0.1, -0.05) is 23.4 Å². The van der Waals surface area contributed by atoms with Crippen LogP contribution in [-0.4, -0.2) is 38.8 Å². The predicted octanol–water partition coefficient (Wildman–Crippen LogP) is 5.01. The summed E-state index contributed by atoms with van der Waals surface area (Å²) in [6.07, 6.45) is 0. The highest BCUT2D eigenvalue weighted by Gasteiger charge is 2.11. The number of hydrogen-bond donors (Lipinski definition) is 3. The number of aliphatic hydroxyl groups is 1. The summed E-state index contributed by atoms with van der Waals surface area (Å²) >= 11 is 6.22. The molecule has 2 aromatic carbocycles. The van der Waals surface area contributed by atoms with Crippen LogP contribution in [0.2, 0.25) is 5.02 Å². The number of nitrogens with zero attached hydrogens (tertiary/aromatic N) is 3. The summed E-state index contributed by atoms with van der Waals surface area (Å²) in [6, 6.07) is 12.6. The molecule has 172 valence electrons. The number of methoxy groups -OCH3 is 1. The molecule has 3 rings (SSSR count). The van der Waals surface area contributed by atoms with E-state index in [-0.39, 0.29) is 18.0 Å². The van der Waals surface area contributed by atoms with Crippen LogP contribution in [0.5, 0.6) is 17.5 Å². The van der Waals surface area contributed by atoms with E-state index in [0.717, 1.165) is 5.56 Å². The molecular formula is C24H26ClN5O3. The Morgan fingerprint density at radius 3 is 2.33 bits per heavy atom. The van der Waals surface area contributed by atoms with Crippen molar-refractivity contribution in [1.29, 1.82) is 0 Å². The van der Waals surface area contributed by atoms with Crippen molar-refractivity contribution in [3.05, 3.63) is 53.1 Å². The Hall–Kier alpha value is -3.54. The molecule has 9 heteroatoms. The Balaban J connectivity index is 1.83. The number of anilines is 3. The number of aromatic nitrogens is 3. The van der Waals surface area contributed by atoms with Gasteiger partial charge in [0.2, 0.25) is 11.9 Å². The summed E-state index contributed by atoms with van der Waals surface area (Å²) in [5, 5.41) is 16.5. The van der Waals surface area contributed by atoms with Gasteiger partial charge in [0.25, 0.3) is 0 Å². The van der Waals surface area contributed by atoms with E-state index in [1.54, 1.807) is 63.4 Å². The van der Waals surface area contributed by atoms with Crippen molar-refractivity contribution in [2.24, 2.45) is 0 Å². The topological polar surface area (TPSA) is 101 Å². The zero-order valence-electron chi connectivity index (χ0n) is 19.1. The molecule has 3 N–H and O–H groups in total. The molecule has 0 aliphatic carbocycles. The van der Waals surface area contributed by atoms with Gasteiger partial charge in [-0.3, -0.25) is 0 Å². The monoisotopic (exact) mass is 467 g/mol. The molecule has 33 heavy (non-hydrogen) atoms. The van der Waals surface area contributed by atoms with E-state index in [4.69, 9.17) is 21.1 Å². The quantitative estimate of drug-likeness (QED) is 0.417. The normalized spacial score (nSPS) is 10.9. The molecule has 0 unspecified atom stereocenters. The van der Waals surface area contributed by atoms with Gasteiger partial charge in [0.05, 0.1) is 12.1 Å². The third-order valence-electron chi connectivity index (χ3n) is 4.02. The van der Waals surface area contributed by atoms with Crippen molar-refractivity contribution in [3.63, 3.8) is 0 Å². The lowest BCUT2D eigenvalue weighted by molar-refractivity contribution is 0.143.